The van der Waals surface area contributed by atoms with E-state index >= 15 is 0 Å². The molecule has 0 fully saturated rings. The lowest BCUT2D eigenvalue weighted by atomic mass is 9.86. The van der Waals surface area contributed by atoms with Crippen molar-refractivity contribution in [3.63, 3.8) is 0 Å². The van der Waals surface area contributed by atoms with Gasteiger partial charge in [0, 0.05) is 10.8 Å². The van der Waals surface area contributed by atoms with Crippen molar-refractivity contribution in [2.75, 3.05) is 0 Å². The predicted octanol–water partition coefficient (Wildman–Crippen LogP) is 10.9. The van der Waals surface area contributed by atoms with Crippen LogP contribution in [0.25, 0.3) is 76.9 Å². The highest BCUT2D eigenvalue weighted by atomic mass is 16.3. The molecule has 0 radical (unpaired) electrons. The van der Waals surface area contributed by atoms with Crippen LogP contribution in [-0.4, -0.2) is 0 Å². The quantitative estimate of drug-likeness (QED) is 0.216. The van der Waals surface area contributed by atoms with Crippen LogP contribution in [0.2, 0.25) is 0 Å². The first-order valence-corrected chi connectivity index (χ1v) is 12.4. The fourth-order valence-electron chi connectivity index (χ4n) is 5.33. The summed E-state index contributed by atoms with van der Waals surface area (Å²) >= 11 is 0. The normalized spacial score (nSPS) is 15.9. The van der Waals surface area contributed by atoms with Gasteiger partial charge < -0.3 is 4.42 Å². The molecule has 1 heteroatoms. The predicted molar refractivity (Wildman–Crippen MR) is 165 cm³/mol. The molecule has 0 aliphatic carbocycles. The molecule has 0 N–H and O–H groups in total. The Hall–Kier alpha value is -5.14. The lowest BCUT2D eigenvalue weighted by molar-refractivity contribution is 0.669. The van der Waals surface area contributed by atoms with E-state index in [-0.39, 0.29) is 69.3 Å². The molecule has 0 saturated heterocycles. The summed E-state index contributed by atoms with van der Waals surface area (Å²) < 4.78 is 108. The van der Waals surface area contributed by atoms with Gasteiger partial charge in [-0.2, -0.15) is 0 Å². The minimum atomic E-state index is -0.493. The minimum Gasteiger partial charge on any atom is -0.456 e. The summed E-state index contributed by atoms with van der Waals surface area (Å²) in [6, 6.07) is 17.6. The number of benzene rings is 7. The summed E-state index contributed by atoms with van der Waals surface area (Å²) in [4.78, 5) is 0. The molecule has 0 saturated carbocycles. The molecular formula is C38H24O. The van der Waals surface area contributed by atoms with Crippen LogP contribution < -0.4 is 0 Å². The van der Waals surface area contributed by atoms with Crippen LogP contribution in [0.1, 0.15) is 16.4 Å². The van der Waals surface area contributed by atoms with Gasteiger partial charge in [0.2, 0.25) is 0 Å². The maximum Gasteiger partial charge on any atom is 0.135 e. The third kappa shape index (κ3) is 3.48. The molecule has 0 aliphatic heterocycles. The second kappa shape index (κ2) is 8.72. The monoisotopic (exact) mass is 508 g/mol. The topological polar surface area (TPSA) is 13.1 Å². The number of hydrogen-bond acceptors (Lipinski definition) is 1. The molecule has 39 heavy (non-hydrogen) atoms. The van der Waals surface area contributed by atoms with Gasteiger partial charge in [0.25, 0.3) is 0 Å². The minimum absolute atomic E-state index is 0.00971. The number of fused-ring (bicyclic) bond motifs is 5. The van der Waals surface area contributed by atoms with Crippen LogP contribution in [-0.2, 0) is 0 Å². The number of hydrogen-bond donors (Lipinski definition) is 0. The number of para-hydroxylation sites is 1. The van der Waals surface area contributed by atoms with E-state index in [0.717, 1.165) is 21.9 Å². The van der Waals surface area contributed by atoms with E-state index in [1.54, 1.807) is 12.1 Å². The lowest BCUT2D eigenvalue weighted by Gasteiger charge is -2.18. The summed E-state index contributed by atoms with van der Waals surface area (Å²) in [6.07, 6.45) is 0. The van der Waals surface area contributed by atoms with E-state index in [1.807, 2.05) is 60.7 Å². The van der Waals surface area contributed by atoms with Crippen LogP contribution in [0, 0.1) is 0 Å². The van der Waals surface area contributed by atoms with Gasteiger partial charge in [0.1, 0.15) is 11.2 Å². The zero-order valence-electron chi connectivity index (χ0n) is 32.3. The van der Waals surface area contributed by atoms with Gasteiger partial charge in [-0.05, 0) is 73.1 Å². The van der Waals surface area contributed by atoms with Gasteiger partial charge in [-0.1, -0.05) is 127 Å². The van der Waals surface area contributed by atoms with Crippen molar-refractivity contribution in [1.29, 1.82) is 0 Å². The summed E-state index contributed by atoms with van der Waals surface area (Å²) in [5.41, 5.74) is 2.48. The molecule has 0 atom stereocenters. The molecule has 8 aromatic rings. The van der Waals surface area contributed by atoms with E-state index in [4.69, 9.17) is 20.9 Å². The molecule has 8 rings (SSSR count). The van der Waals surface area contributed by atoms with Crippen molar-refractivity contribution in [1.82, 2.24) is 0 Å². The average Bonchev–Trinajstić information content (AvgIpc) is 3.55. The molecule has 1 aromatic heterocycles. The van der Waals surface area contributed by atoms with E-state index in [1.165, 1.54) is 0 Å². The van der Waals surface area contributed by atoms with Crippen LogP contribution in [0.3, 0.4) is 0 Å². The summed E-state index contributed by atoms with van der Waals surface area (Å²) in [5.74, 6) is 0. The third-order valence-corrected chi connectivity index (χ3v) is 7.03. The van der Waals surface area contributed by atoms with Crippen LogP contribution in [0.4, 0.5) is 0 Å². The first-order chi connectivity index (χ1) is 24.3. The van der Waals surface area contributed by atoms with Crippen molar-refractivity contribution < 1.29 is 20.9 Å². The molecule has 182 valence electrons. The molecule has 0 bridgehead atoms. The molecular weight excluding hydrogens is 472 g/mol. The van der Waals surface area contributed by atoms with E-state index in [9.17, 15) is 0 Å². The van der Waals surface area contributed by atoms with Crippen LogP contribution in [0.15, 0.2) is 150 Å². The Morgan fingerprint density at radius 3 is 1.59 bits per heavy atom. The molecule has 1 heterocycles. The summed E-state index contributed by atoms with van der Waals surface area (Å²) in [7, 11) is 0. The molecule has 1 nitrogen and oxygen atoms in total. The smallest absolute Gasteiger partial charge is 0.135 e. The van der Waals surface area contributed by atoms with Gasteiger partial charge >= 0.3 is 0 Å². The van der Waals surface area contributed by atoms with Crippen molar-refractivity contribution >= 4 is 43.5 Å². The van der Waals surface area contributed by atoms with Crippen molar-refractivity contribution in [2.24, 2.45) is 0 Å². The SMILES string of the molecule is [2H]c1c([2H])c([2H])c(-c2c3ccccc3c(-c3ccc(-c4c([2H])c([2H])c5oc6c([2H])c([2H])c([2H])c([2H])c6c5c4[2H])cc3)c3ccccc23)c([2H])c1[2H]. The second-order valence-electron chi connectivity index (χ2n) is 9.18. The Bertz CT molecular complexity index is 2740. The maximum atomic E-state index is 9.14. The van der Waals surface area contributed by atoms with E-state index in [0.29, 0.717) is 21.9 Å². The maximum absolute atomic E-state index is 9.14. The molecule has 0 unspecified atom stereocenters. The van der Waals surface area contributed by atoms with E-state index in [2.05, 4.69) is 0 Å². The zero-order chi connectivity index (χ0) is 36.2. The molecule has 0 amide bonds. The number of furan rings is 1. The Kier molecular flexibility index (Phi) is 2.92. The van der Waals surface area contributed by atoms with Gasteiger partial charge in [0.15, 0.2) is 0 Å². The Balaban J connectivity index is 1.37. The Morgan fingerprint density at radius 2 is 0.923 bits per heavy atom. The van der Waals surface area contributed by atoms with E-state index < -0.39 is 36.3 Å². The third-order valence-electron chi connectivity index (χ3n) is 7.03. The largest absolute Gasteiger partial charge is 0.456 e. The highest BCUT2D eigenvalue weighted by Crippen LogP contribution is 2.44. The highest BCUT2D eigenvalue weighted by molar-refractivity contribution is 6.21. The molecule has 0 spiro atoms. The lowest BCUT2D eigenvalue weighted by Crippen LogP contribution is -1.90. The van der Waals surface area contributed by atoms with Crippen LogP contribution >= 0.6 is 0 Å². The number of rotatable bonds is 3. The Labute approximate surface area is 243 Å². The van der Waals surface area contributed by atoms with Crippen molar-refractivity contribution in [3.8, 4) is 33.4 Å². The fourth-order valence-corrected chi connectivity index (χ4v) is 5.33. The standard InChI is InChI=1S/C38H24O/c1-2-10-26(11-3-1)37-30-13-4-6-15-32(30)38(33-16-7-5-14-31(33)37)27-20-18-25(19-21-27)28-22-23-36-34(24-28)29-12-8-9-17-35(29)39-36/h1-24H/i1D,2D,3D,8D,9D,10D,11D,12D,17D,22D,23D,24D. The molecule has 7 aromatic carbocycles. The second-order valence-corrected chi connectivity index (χ2v) is 9.18. The first kappa shape index (κ1) is 13.1. The van der Waals surface area contributed by atoms with Crippen LogP contribution in [0.5, 0.6) is 0 Å². The van der Waals surface area contributed by atoms with Gasteiger partial charge in [-0.25, -0.2) is 0 Å². The fraction of sp³-hybridized carbons (Fsp3) is 0. The van der Waals surface area contributed by atoms with Gasteiger partial charge in [-0.15, -0.1) is 0 Å². The van der Waals surface area contributed by atoms with Crippen molar-refractivity contribution in [2.45, 2.75) is 0 Å². The first-order valence-electron chi connectivity index (χ1n) is 18.4. The molecule has 0 aliphatic rings. The average molecular weight is 509 g/mol. The van der Waals surface area contributed by atoms with Gasteiger partial charge in [0.05, 0.1) is 16.4 Å². The summed E-state index contributed by atoms with van der Waals surface area (Å²) in [6.45, 7) is 0. The van der Waals surface area contributed by atoms with Gasteiger partial charge in [-0.3, -0.25) is 0 Å². The summed E-state index contributed by atoms with van der Waals surface area (Å²) in [5, 5.41) is 2.97. The highest BCUT2D eigenvalue weighted by Gasteiger charge is 2.16. The Morgan fingerprint density at radius 1 is 0.385 bits per heavy atom. The van der Waals surface area contributed by atoms with Crippen molar-refractivity contribution in [3.05, 3.63) is 145 Å². The zero-order valence-corrected chi connectivity index (χ0v) is 20.3.